The second-order valence-electron chi connectivity index (χ2n) is 7.38. The molecule has 1 aromatic carbocycles. The zero-order valence-electron chi connectivity index (χ0n) is 14.5. The number of piperidine rings is 1. The van der Waals surface area contributed by atoms with E-state index in [0.29, 0.717) is 12.1 Å². The van der Waals surface area contributed by atoms with Crippen molar-refractivity contribution in [2.45, 2.75) is 39.2 Å². The summed E-state index contributed by atoms with van der Waals surface area (Å²) < 4.78 is 39.3. The molecule has 0 aliphatic carbocycles. The third-order valence-electron chi connectivity index (χ3n) is 4.97. The fraction of sp³-hybridized carbons (Fsp3) is 0.588. The lowest BCUT2D eigenvalue weighted by Crippen LogP contribution is -2.53. The van der Waals surface area contributed by atoms with Gasteiger partial charge in [0.05, 0.1) is 17.5 Å². The van der Waals surface area contributed by atoms with Crippen LogP contribution in [-0.4, -0.2) is 39.2 Å². The molecule has 25 heavy (non-hydrogen) atoms. The monoisotopic (exact) mass is 369 g/mol. The molecule has 2 heterocycles. The van der Waals surface area contributed by atoms with E-state index in [9.17, 15) is 17.6 Å². The van der Waals surface area contributed by atoms with Crippen molar-refractivity contribution in [3.8, 4) is 0 Å². The van der Waals surface area contributed by atoms with Crippen LogP contribution in [0.15, 0.2) is 18.2 Å². The lowest BCUT2D eigenvalue weighted by molar-refractivity contribution is -0.121. The Labute approximate surface area is 147 Å². The first kappa shape index (κ1) is 18.1. The van der Waals surface area contributed by atoms with Gasteiger partial charge in [-0.05, 0) is 49.4 Å². The predicted molar refractivity (Wildman–Crippen MR) is 95.6 cm³/mol. The number of anilines is 2. The minimum atomic E-state index is -3.48. The summed E-state index contributed by atoms with van der Waals surface area (Å²) in [5, 5.41) is 6.03. The van der Waals surface area contributed by atoms with E-state index in [2.05, 4.69) is 10.6 Å². The maximum Gasteiger partial charge on any atom is 0.242 e. The van der Waals surface area contributed by atoms with Crippen molar-refractivity contribution >= 4 is 27.3 Å². The van der Waals surface area contributed by atoms with Gasteiger partial charge in [-0.15, -0.1) is 0 Å². The van der Waals surface area contributed by atoms with Crippen molar-refractivity contribution in [1.82, 2.24) is 5.32 Å². The molecule has 0 radical (unpaired) electrons. The number of rotatable bonds is 3. The van der Waals surface area contributed by atoms with E-state index in [1.807, 2.05) is 13.8 Å². The molecule has 2 aliphatic rings. The van der Waals surface area contributed by atoms with E-state index in [4.69, 9.17) is 0 Å². The number of hydrogen-bond donors (Lipinski definition) is 2. The molecule has 2 saturated heterocycles. The van der Waals surface area contributed by atoms with Crippen LogP contribution >= 0.6 is 0 Å². The van der Waals surface area contributed by atoms with Crippen LogP contribution < -0.4 is 14.9 Å². The van der Waals surface area contributed by atoms with Gasteiger partial charge in [-0.1, -0.05) is 13.8 Å². The Morgan fingerprint density at radius 1 is 1.36 bits per heavy atom. The molecule has 6 nitrogen and oxygen atoms in total. The predicted octanol–water partition coefficient (Wildman–Crippen LogP) is 2.08. The zero-order chi connectivity index (χ0) is 18.2. The summed E-state index contributed by atoms with van der Waals surface area (Å²) >= 11 is 0. The van der Waals surface area contributed by atoms with Gasteiger partial charge in [0.2, 0.25) is 15.9 Å². The molecule has 1 unspecified atom stereocenters. The van der Waals surface area contributed by atoms with Crippen LogP contribution in [0.5, 0.6) is 0 Å². The first-order valence-corrected chi connectivity index (χ1v) is 10.2. The highest BCUT2D eigenvalue weighted by Crippen LogP contribution is 2.32. The summed E-state index contributed by atoms with van der Waals surface area (Å²) in [6.07, 6.45) is 2.43. The van der Waals surface area contributed by atoms with Crippen LogP contribution in [0.25, 0.3) is 0 Å². The molecule has 1 aromatic rings. The van der Waals surface area contributed by atoms with Crippen molar-refractivity contribution in [2.75, 3.05) is 28.5 Å². The summed E-state index contributed by atoms with van der Waals surface area (Å²) in [6, 6.07) is 3.70. The number of halogens is 1. The highest BCUT2D eigenvalue weighted by atomic mass is 32.2. The molecule has 0 saturated carbocycles. The average Bonchev–Trinajstić information content (AvgIpc) is 2.88. The molecular formula is C17H24FN3O3S. The fourth-order valence-electron chi connectivity index (χ4n) is 3.56. The number of nitrogens with zero attached hydrogens (tertiary/aromatic N) is 1. The van der Waals surface area contributed by atoms with E-state index >= 15 is 0 Å². The van der Waals surface area contributed by atoms with E-state index < -0.39 is 15.8 Å². The molecule has 1 amide bonds. The summed E-state index contributed by atoms with van der Waals surface area (Å²) in [6.45, 7) is 5.11. The Bertz CT molecular complexity index is 779. The molecule has 2 aliphatic heterocycles. The highest BCUT2D eigenvalue weighted by Gasteiger charge is 2.37. The van der Waals surface area contributed by atoms with Gasteiger partial charge >= 0.3 is 0 Å². The topological polar surface area (TPSA) is 78.5 Å². The Hall–Kier alpha value is -1.67. The number of benzene rings is 1. The van der Waals surface area contributed by atoms with Gasteiger partial charge in [0.1, 0.15) is 5.82 Å². The van der Waals surface area contributed by atoms with Crippen LogP contribution in [0, 0.1) is 11.2 Å². The lowest BCUT2D eigenvalue weighted by Gasteiger charge is -2.38. The molecule has 0 aromatic heterocycles. The molecule has 0 spiro atoms. The van der Waals surface area contributed by atoms with Crippen molar-refractivity contribution in [3.05, 3.63) is 24.0 Å². The number of carbonyl (C=O) groups excluding carboxylic acids is 1. The van der Waals surface area contributed by atoms with E-state index in [-0.39, 0.29) is 35.3 Å². The quantitative estimate of drug-likeness (QED) is 0.855. The molecule has 3 rings (SSSR count). The maximum atomic E-state index is 14.1. The number of hydrogen-bond acceptors (Lipinski definition) is 4. The van der Waals surface area contributed by atoms with Crippen molar-refractivity contribution in [2.24, 2.45) is 5.41 Å². The SMILES string of the molecule is CC1(C)CCCNC1C(=O)Nc1ccc(F)c(N2CCCS2(=O)=O)c1. The van der Waals surface area contributed by atoms with Crippen LogP contribution in [-0.2, 0) is 14.8 Å². The Kier molecular flexibility index (Phi) is 4.76. The standard InChI is InChI=1S/C17H24FN3O3S/c1-17(2)7-3-8-19-15(17)16(22)20-12-5-6-13(18)14(11-12)21-9-4-10-25(21,23)24/h5-6,11,15,19H,3-4,7-10H2,1-2H3,(H,20,22). The Morgan fingerprint density at radius 3 is 2.76 bits per heavy atom. The smallest absolute Gasteiger partial charge is 0.242 e. The third kappa shape index (κ3) is 3.64. The molecule has 1 atom stereocenters. The molecule has 0 bridgehead atoms. The van der Waals surface area contributed by atoms with Crippen molar-refractivity contribution in [1.29, 1.82) is 0 Å². The molecule has 2 N–H and O–H groups in total. The number of amides is 1. The molecule has 138 valence electrons. The highest BCUT2D eigenvalue weighted by molar-refractivity contribution is 7.93. The van der Waals surface area contributed by atoms with Gasteiger partial charge in [0.25, 0.3) is 0 Å². The number of nitrogens with one attached hydrogen (secondary N) is 2. The van der Waals surface area contributed by atoms with Gasteiger partial charge in [0, 0.05) is 12.2 Å². The van der Waals surface area contributed by atoms with E-state index in [1.54, 1.807) is 0 Å². The maximum absolute atomic E-state index is 14.1. The largest absolute Gasteiger partial charge is 0.325 e. The minimum Gasteiger partial charge on any atom is -0.325 e. The van der Waals surface area contributed by atoms with Crippen LogP contribution in [0.1, 0.15) is 33.1 Å². The van der Waals surface area contributed by atoms with Gasteiger partial charge in [-0.3, -0.25) is 9.10 Å². The minimum absolute atomic E-state index is 0.00818. The lowest BCUT2D eigenvalue weighted by atomic mass is 9.77. The van der Waals surface area contributed by atoms with Crippen molar-refractivity contribution in [3.63, 3.8) is 0 Å². The Morgan fingerprint density at radius 2 is 2.12 bits per heavy atom. The average molecular weight is 369 g/mol. The fourth-order valence-corrected chi connectivity index (χ4v) is 5.13. The van der Waals surface area contributed by atoms with Crippen LogP contribution in [0.2, 0.25) is 0 Å². The Balaban J connectivity index is 1.82. The molecular weight excluding hydrogens is 345 g/mol. The van der Waals surface area contributed by atoms with Crippen LogP contribution in [0.3, 0.4) is 0 Å². The van der Waals surface area contributed by atoms with E-state index in [1.165, 1.54) is 18.2 Å². The zero-order valence-corrected chi connectivity index (χ0v) is 15.3. The van der Waals surface area contributed by atoms with Crippen molar-refractivity contribution < 1.29 is 17.6 Å². The first-order chi connectivity index (χ1) is 11.7. The summed E-state index contributed by atoms with van der Waals surface area (Å²) in [7, 11) is -3.48. The van der Waals surface area contributed by atoms with Crippen LogP contribution in [0.4, 0.5) is 15.8 Å². The summed E-state index contributed by atoms with van der Waals surface area (Å²) in [4.78, 5) is 12.6. The number of carbonyl (C=O) groups is 1. The van der Waals surface area contributed by atoms with Gasteiger partial charge in [-0.25, -0.2) is 12.8 Å². The third-order valence-corrected chi connectivity index (χ3v) is 6.83. The molecule has 2 fully saturated rings. The summed E-state index contributed by atoms with van der Waals surface area (Å²) in [5.41, 5.74) is 0.210. The van der Waals surface area contributed by atoms with Gasteiger partial charge in [0.15, 0.2) is 0 Å². The van der Waals surface area contributed by atoms with Gasteiger partial charge < -0.3 is 10.6 Å². The second kappa shape index (κ2) is 6.57. The van der Waals surface area contributed by atoms with E-state index in [0.717, 1.165) is 23.7 Å². The summed E-state index contributed by atoms with van der Waals surface area (Å²) in [5.74, 6) is -0.783. The second-order valence-corrected chi connectivity index (χ2v) is 9.39. The normalized spacial score (nSPS) is 24.9. The number of sulfonamides is 1. The first-order valence-electron chi connectivity index (χ1n) is 8.55. The molecule has 8 heteroatoms. The van der Waals surface area contributed by atoms with Gasteiger partial charge in [-0.2, -0.15) is 0 Å².